The Hall–Kier alpha value is -4.65. The number of ether oxygens (including phenoxy) is 1. The van der Waals surface area contributed by atoms with E-state index >= 15 is 0 Å². The predicted molar refractivity (Wildman–Crippen MR) is 139 cm³/mol. The predicted octanol–water partition coefficient (Wildman–Crippen LogP) is 9.58. The van der Waals surface area contributed by atoms with Crippen molar-refractivity contribution in [1.82, 2.24) is 0 Å². The van der Waals surface area contributed by atoms with Gasteiger partial charge >= 0.3 is 12.3 Å². The lowest BCUT2D eigenvalue weighted by atomic mass is 10.0. The highest BCUT2D eigenvalue weighted by atomic mass is 19.4. The summed E-state index contributed by atoms with van der Waals surface area (Å²) in [4.78, 5) is 0. The van der Waals surface area contributed by atoms with Crippen molar-refractivity contribution in [3.8, 4) is 28.7 Å². The SMILES string of the molecule is C=CCCc1ccc(C#Cc2ccc(-c3ccc(C(F)(F)Oc4cc(F)c(C(F)(F)F)c(F)c4)c(F)c3)c(F)c2)cc1. The molecule has 4 aromatic rings. The molecule has 0 N–H and O–H groups in total. The van der Waals surface area contributed by atoms with E-state index in [4.69, 9.17) is 0 Å². The fourth-order valence-corrected chi connectivity index (χ4v) is 4.00. The molecule has 4 aromatic carbocycles. The Morgan fingerprint density at radius 2 is 1.31 bits per heavy atom. The average Bonchev–Trinajstić information content (AvgIpc) is 2.89. The molecule has 0 unspecified atom stereocenters. The van der Waals surface area contributed by atoms with Crippen LogP contribution in [0.2, 0.25) is 0 Å². The van der Waals surface area contributed by atoms with Gasteiger partial charge in [-0.25, -0.2) is 17.6 Å². The first kappa shape index (κ1) is 30.3. The number of hydrogen-bond acceptors (Lipinski definition) is 1. The van der Waals surface area contributed by atoms with Crippen LogP contribution in [0.25, 0.3) is 11.1 Å². The van der Waals surface area contributed by atoms with E-state index in [1.165, 1.54) is 12.1 Å². The van der Waals surface area contributed by atoms with Crippen molar-refractivity contribution >= 4 is 0 Å². The summed E-state index contributed by atoms with van der Waals surface area (Å²) in [7, 11) is 0. The second kappa shape index (κ2) is 12.1. The number of rotatable bonds is 7. The van der Waals surface area contributed by atoms with Crippen molar-refractivity contribution in [1.29, 1.82) is 0 Å². The molecule has 0 bridgehead atoms. The normalized spacial score (nSPS) is 11.5. The van der Waals surface area contributed by atoms with Crippen molar-refractivity contribution in [3.63, 3.8) is 0 Å². The summed E-state index contributed by atoms with van der Waals surface area (Å²) >= 11 is 0. The first-order chi connectivity index (χ1) is 19.8. The summed E-state index contributed by atoms with van der Waals surface area (Å²) in [5.74, 6) is -2.35. The molecule has 4 rings (SSSR count). The summed E-state index contributed by atoms with van der Waals surface area (Å²) in [5, 5.41) is 0. The van der Waals surface area contributed by atoms with Gasteiger partial charge in [0, 0.05) is 28.8 Å². The first-order valence-corrected chi connectivity index (χ1v) is 12.2. The minimum absolute atomic E-state index is 0.0919. The number of aryl methyl sites for hydroxylation is 1. The quantitative estimate of drug-likeness (QED) is 0.118. The van der Waals surface area contributed by atoms with Gasteiger partial charge in [-0.15, -0.1) is 6.58 Å². The van der Waals surface area contributed by atoms with Crippen molar-refractivity contribution in [3.05, 3.63) is 137 Å². The monoisotopic (exact) mass is 590 g/mol. The van der Waals surface area contributed by atoms with E-state index in [0.717, 1.165) is 30.5 Å². The first-order valence-electron chi connectivity index (χ1n) is 12.2. The van der Waals surface area contributed by atoms with Gasteiger partial charge in [0.05, 0.1) is 5.56 Å². The summed E-state index contributed by atoms with van der Waals surface area (Å²) in [6.07, 6.45) is -6.48. The number of halogens is 9. The fraction of sp³-hybridized carbons (Fsp3) is 0.125. The molecule has 0 amide bonds. The lowest BCUT2D eigenvalue weighted by molar-refractivity contribution is -0.187. The average molecular weight is 590 g/mol. The molecule has 0 radical (unpaired) electrons. The Morgan fingerprint density at radius 1 is 0.690 bits per heavy atom. The molecule has 0 fully saturated rings. The molecule has 42 heavy (non-hydrogen) atoms. The third-order valence-electron chi connectivity index (χ3n) is 6.05. The maximum absolute atomic E-state index is 14.9. The minimum atomic E-state index is -5.42. The molecule has 0 aliphatic carbocycles. The van der Waals surface area contributed by atoms with Crippen LogP contribution in [-0.2, 0) is 18.7 Å². The molecule has 0 saturated heterocycles. The number of benzene rings is 4. The standard InChI is InChI=1S/C32H19F9O/c1-2-3-4-19-5-7-20(8-6-19)9-10-21-11-13-24(26(33)15-21)22-12-14-25(27(34)16-22)32(40,41)42-23-17-28(35)30(29(36)18-23)31(37,38)39/h2,5-8,11-18H,1,3-4H2. The highest BCUT2D eigenvalue weighted by Crippen LogP contribution is 2.39. The molecule has 0 saturated carbocycles. The van der Waals surface area contributed by atoms with E-state index in [1.807, 2.05) is 30.3 Å². The van der Waals surface area contributed by atoms with Crippen molar-refractivity contribution in [2.45, 2.75) is 25.1 Å². The lowest BCUT2D eigenvalue weighted by Gasteiger charge is -2.20. The van der Waals surface area contributed by atoms with E-state index < -0.39 is 52.4 Å². The topological polar surface area (TPSA) is 9.23 Å². The van der Waals surface area contributed by atoms with Gasteiger partial charge in [-0.1, -0.05) is 42.2 Å². The van der Waals surface area contributed by atoms with E-state index in [0.29, 0.717) is 23.3 Å². The number of alkyl halides is 5. The summed E-state index contributed by atoms with van der Waals surface area (Å²) in [6, 6.07) is 13.3. The lowest BCUT2D eigenvalue weighted by Crippen LogP contribution is -2.24. The van der Waals surface area contributed by atoms with E-state index in [-0.39, 0.29) is 23.3 Å². The zero-order valence-electron chi connectivity index (χ0n) is 21.4. The highest BCUT2D eigenvalue weighted by Gasteiger charge is 2.41. The molecule has 0 aliphatic rings. The fourth-order valence-electron chi connectivity index (χ4n) is 4.00. The van der Waals surface area contributed by atoms with E-state index in [9.17, 15) is 39.5 Å². The van der Waals surface area contributed by atoms with Crippen LogP contribution in [0.3, 0.4) is 0 Å². The van der Waals surface area contributed by atoms with Gasteiger partial charge in [0.2, 0.25) is 0 Å². The van der Waals surface area contributed by atoms with Crippen LogP contribution in [0.1, 0.15) is 34.2 Å². The number of hydrogen-bond donors (Lipinski definition) is 0. The Balaban J connectivity index is 1.53. The van der Waals surface area contributed by atoms with Crippen LogP contribution in [0.4, 0.5) is 39.5 Å². The van der Waals surface area contributed by atoms with Gasteiger partial charge in [-0.3, -0.25) is 0 Å². The summed E-state index contributed by atoms with van der Waals surface area (Å²) < 4.78 is 129. The van der Waals surface area contributed by atoms with Gasteiger partial charge < -0.3 is 4.74 Å². The zero-order chi connectivity index (χ0) is 30.7. The molecular formula is C32H19F9O. The van der Waals surface area contributed by atoms with Crippen molar-refractivity contribution in [2.75, 3.05) is 0 Å². The van der Waals surface area contributed by atoms with Crippen LogP contribution in [0.15, 0.2) is 85.5 Å². The third kappa shape index (κ3) is 6.97. The molecule has 0 heterocycles. The largest absolute Gasteiger partial charge is 0.429 e. The van der Waals surface area contributed by atoms with E-state index in [2.05, 4.69) is 23.2 Å². The molecule has 0 aliphatic heterocycles. The Kier molecular flexibility index (Phi) is 8.71. The summed E-state index contributed by atoms with van der Waals surface area (Å²) in [5.41, 5.74) is -1.82. The molecule has 1 nitrogen and oxygen atoms in total. The zero-order valence-corrected chi connectivity index (χ0v) is 21.4. The maximum Gasteiger partial charge on any atom is 0.429 e. The number of allylic oxidation sites excluding steroid dienone is 1. The van der Waals surface area contributed by atoms with Gasteiger partial charge in [-0.05, 0) is 60.4 Å². The molecule has 0 spiro atoms. The molecule has 10 heteroatoms. The third-order valence-corrected chi connectivity index (χ3v) is 6.05. The smallest absolute Gasteiger partial charge is 0.429 e. The highest BCUT2D eigenvalue weighted by molar-refractivity contribution is 5.66. The van der Waals surface area contributed by atoms with Gasteiger partial charge in [-0.2, -0.15) is 22.0 Å². The van der Waals surface area contributed by atoms with Gasteiger partial charge in [0.25, 0.3) is 0 Å². The van der Waals surface area contributed by atoms with Crippen LogP contribution < -0.4 is 4.74 Å². The van der Waals surface area contributed by atoms with E-state index in [1.54, 1.807) is 0 Å². The van der Waals surface area contributed by atoms with Gasteiger partial charge in [0.1, 0.15) is 34.6 Å². The second-order valence-electron chi connectivity index (χ2n) is 9.04. The van der Waals surface area contributed by atoms with Crippen molar-refractivity contribution in [2.24, 2.45) is 0 Å². The maximum atomic E-state index is 14.9. The molecule has 0 atom stereocenters. The molecule has 0 aromatic heterocycles. The minimum Gasteiger partial charge on any atom is -0.429 e. The molecule has 216 valence electrons. The Labute approximate surface area is 234 Å². The van der Waals surface area contributed by atoms with Gasteiger partial charge in [0.15, 0.2) is 0 Å². The van der Waals surface area contributed by atoms with Crippen LogP contribution in [0.5, 0.6) is 5.75 Å². The summed E-state index contributed by atoms with van der Waals surface area (Å²) in [6.45, 7) is 3.68. The van der Waals surface area contributed by atoms with Crippen molar-refractivity contribution < 1.29 is 44.3 Å². The van der Waals surface area contributed by atoms with Crippen LogP contribution >= 0.6 is 0 Å². The molecular weight excluding hydrogens is 571 g/mol. The van der Waals surface area contributed by atoms with Crippen LogP contribution in [0, 0.1) is 35.1 Å². The Morgan fingerprint density at radius 3 is 1.88 bits per heavy atom. The second-order valence-corrected chi connectivity index (χ2v) is 9.04. The van der Waals surface area contributed by atoms with Crippen LogP contribution in [-0.4, -0.2) is 0 Å². The Bertz CT molecular complexity index is 1650.